The fraction of sp³-hybridized carbons (Fsp3) is 0.676. The Morgan fingerprint density at radius 2 is 1.33 bits per heavy atom. The fourth-order valence-corrected chi connectivity index (χ4v) is 4.02. The number of esters is 2. The minimum atomic E-state index is -1.14. The Bertz CT molecular complexity index is 839. The second-order valence-electron chi connectivity index (χ2n) is 11.3. The highest BCUT2D eigenvalue weighted by molar-refractivity contribution is 5.70. The van der Waals surface area contributed by atoms with Crippen LogP contribution in [0.2, 0.25) is 0 Å². The molecule has 0 saturated heterocycles. The molecule has 8 nitrogen and oxygen atoms in total. The van der Waals surface area contributed by atoms with Crippen LogP contribution in [-0.4, -0.2) is 75.5 Å². The van der Waals surface area contributed by atoms with Crippen LogP contribution in [0, 0.1) is 0 Å². The maximum Gasteiger partial charge on any atom is 0.306 e. The van der Waals surface area contributed by atoms with Gasteiger partial charge in [-0.2, -0.15) is 0 Å². The van der Waals surface area contributed by atoms with Gasteiger partial charge in [-0.25, -0.2) is 0 Å². The molecule has 0 aliphatic carbocycles. The van der Waals surface area contributed by atoms with Crippen molar-refractivity contribution in [2.75, 3.05) is 41.0 Å². The lowest BCUT2D eigenvalue weighted by atomic mass is 10.1. The van der Waals surface area contributed by atoms with Crippen molar-refractivity contribution in [3.8, 4) is 0 Å². The summed E-state index contributed by atoms with van der Waals surface area (Å²) in [7, 11) is 5.34. The first-order chi connectivity index (χ1) is 20.1. The number of rotatable bonds is 26. The number of carboxylic acid groups (broad SMARTS) is 1. The second-order valence-corrected chi connectivity index (χ2v) is 11.3. The van der Waals surface area contributed by atoms with Gasteiger partial charge in [0.25, 0.3) is 0 Å². The number of unbranched alkanes of at least 4 members (excludes halogenated alkanes) is 4. The Kier molecular flexibility index (Phi) is 24.3. The molecular formula is C34H57NO7. The quantitative estimate of drug-likeness (QED) is 0.0557. The number of nitrogens with zero attached hydrogens (tertiary/aromatic N) is 1. The third-order valence-electron chi connectivity index (χ3n) is 6.49. The summed E-state index contributed by atoms with van der Waals surface area (Å²) in [5.41, 5.74) is 0. The maximum absolute atomic E-state index is 12.5. The highest BCUT2D eigenvalue weighted by Crippen LogP contribution is 2.10. The first-order valence-electron chi connectivity index (χ1n) is 15.7. The summed E-state index contributed by atoms with van der Waals surface area (Å²) in [6, 6.07) is -0.734. The highest BCUT2D eigenvalue weighted by atomic mass is 16.6. The molecule has 8 heteroatoms. The SMILES string of the molecule is CC/C=C\C/C=C\C/C=C\C/C=C\CCC(=O)OC(COCCC(C(=O)[O-])[N+](C)(C)C)COC(=O)CCCCCCC. The Labute approximate surface area is 255 Å². The van der Waals surface area contributed by atoms with E-state index in [1.165, 1.54) is 0 Å². The number of carbonyl (C=O) groups is 3. The van der Waals surface area contributed by atoms with Crippen molar-refractivity contribution in [1.29, 1.82) is 0 Å². The summed E-state index contributed by atoms with van der Waals surface area (Å²) in [4.78, 5) is 36.1. The zero-order chi connectivity index (χ0) is 31.5. The van der Waals surface area contributed by atoms with Crippen LogP contribution in [0.3, 0.4) is 0 Å². The van der Waals surface area contributed by atoms with Gasteiger partial charge in [0.2, 0.25) is 0 Å². The molecule has 0 spiro atoms. The lowest BCUT2D eigenvalue weighted by molar-refractivity contribution is -0.889. The lowest BCUT2D eigenvalue weighted by Crippen LogP contribution is -2.55. The molecule has 0 aromatic heterocycles. The molecule has 0 radical (unpaired) electrons. The standard InChI is InChI=1S/C34H57NO7/c1-6-8-10-12-13-14-15-16-17-18-19-21-23-25-33(37)42-30(29-41-32(36)24-22-20-11-9-7-2)28-40-27-26-31(34(38)39)35(3,4)5/h8,10,13-14,16-17,19,21,30-31H,6-7,9,11-12,15,18,20,22-29H2,1-5H3/b10-8-,14-13-,17-16-,21-19-. The average molecular weight is 592 g/mol. The highest BCUT2D eigenvalue weighted by Gasteiger charge is 2.25. The predicted octanol–water partition coefficient (Wildman–Crippen LogP) is 5.62. The van der Waals surface area contributed by atoms with E-state index in [0.717, 1.165) is 57.8 Å². The van der Waals surface area contributed by atoms with Crippen molar-refractivity contribution >= 4 is 17.9 Å². The molecule has 0 aliphatic heterocycles. The van der Waals surface area contributed by atoms with Crippen molar-refractivity contribution in [2.45, 2.75) is 109 Å². The molecule has 2 atom stereocenters. The number of ether oxygens (including phenoxy) is 3. The molecule has 0 N–H and O–H groups in total. The predicted molar refractivity (Wildman–Crippen MR) is 166 cm³/mol. The van der Waals surface area contributed by atoms with E-state index >= 15 is 0 Å². The third-order valence-corrected chi connectivity index (χ3v) is 6.49. The van der Waals surface area contributed by atoms with Crippen molar-refractivity contribution in [3.05, 3.63) is 48.6 Å². The van der Waals surface area contributed by atoms with Crippen LogP contribution in [0.25, 0.3) is 0 Å². The molecule has 0 aromatic rings. The van der Waals surface area contributed by atoms with E-state index in [0.29, 0.717) is 12.8 Å². The lowest BCUT2D eigenvalue weighted by Gasteiger charge is -2.34. The zero-order valence-corrected chi connectivity index (χ0v) is 26.9. The van der Waals surface area contributed by atoms with E-state index in [1.807, 2.05) is 12.2 Å². The second kappa shape index (κ2) is 26.0. The fourth-order valence-electron chi connectivity index (χ4n) is 4.02. The molecule has 42 heavy (non-hydrogen) atoms. The van der Waals surface area contributed by atoms with Gasteiger partial charge in [-0.15, -0.1) is 0 Å². The Hall–Kier alpha value is -2.71. The first-order valence-corrected chi connectivity index (χ1v) is 15.7. The number of carbonyl (C=O) groups excluding carboxylic acids is 3. The number of quaternary nitrogens is 1. The van der Waals surface area contributed by atoms with Gasteiger partial charge in [0.15, 0.2) is 6.10 Å². The Balaban J connectivity index is 4.61. The van der Waals surface area contributed by atoms with E-state index in [4.69, 9.17) is 14.2 Å². The van der Waals surface area contributed by atoms with Crippen LogP contribution in [0.5, 0.6) is 0 Å². The van der Waals surface area contributed by atoms with Crippen LogP contribution < -0.4 is 5.11 Å². The van der Waals surface area contributed by atoms with Crippen molar-refractivity contribution in [1.82, 2.24) is 0 Å². The molecular weight excluding hydrogens is 534 g/mol. The van der Waals surface area contributed by atoms with Gasteiger partial charge in [0.1, 0.15) is 12.6 Å². The number of hydrogen-bond acceptors (Lipinski definition) is 7. The number of likely N-dealkylation sites (N-methyl/N-ethyl adjacent to an activating group) is 1. The number of hydrogen-bond donors (Lipinski definition) is 0. The summed E-state index contributed by atoms with van der Waals surface area (Å²) < 4.78 is 16.8. The van der Waals surface area contributed by atoms with Crippen LogP contribution in [0.15, 0.2) is 48.6 Å². The van der Waals surface area contributed by atoms with Gasteiger partial charge in [0.05, 0.1) is 40.3 Å². The Morgan fingerprint density at radius 3 is 1.90 bits per heavy atom. The average Bonchev–Trinajstić information content (AvgIpc) is 2.92. The van der Waals surface area contributed by atoms with Gasteiger partial charge in [-0.3, -0.25) is 9.59 Å². The number of carboxylic acids is 1. The van der Waals surface area contributed by atoms with E-state index in [2.05, 4.69) is 50.3 Å². The summed E-state index contributed by atoms with van der Waals surface area (Å²) in [5.74, 6) is -1.87. The molecule has 0 aromatic carbocycles. The molecule has 2 unspecified atom stereocenters. The molecule has 0 amide bonds. The first kappa shape index (κ1) is 39.3. The maximum atomic E-state index is 12.5. The van der Waals surface area contributed by atoms with Crippen LogP contribution in [0.4, 0.5) is 0 Å². The van der Waals surface area contributed by atoms with Gasteiger partial charge in [0, 0.05) is 19.3 Å². The molecule has 0 aliphatic rings. The minimum absolute atomic E-state index is 0.0103. The largest absolute Gasteiger partial charge is 0.544 e. The van der Waals surface area contributed by atoms with E-state index in [1.54, 1.807) is 21.1 Å². The van der Waals surface area contributed by atoms with E-state index < -0.39 is 24.1 Å². The van der Waals surface area contributed by atoms with Crippen LogP contribution in [0.1, 0.15) is 97.3 Å². The number of allylic oxidation sites excluding steroid dienone is 8. The summed E-state index contributed by atoms with van der Waals surface area (Å²) in [6.07, 6.45) is 26.2. The topological polar surface area (TPSA) is 102 Å². The molecule has 0 bridgehead atoms. The van der Waals surface area contributed by atoms with Crippen molar-refractivity contribution in [2.24, 2.45) is 0 Å². The normalized spacial score (nSPS) is 13.8. The van der Waals surface area contributed by atoms with Crippen molar-refractivity contribution in [3.63, 3.8) is 0 Å². The summed E-state index contributed by atoms with van der Waals surface area (Å²) in [6.45, 7) is 4.33. The molecule has 0 heterocycles. The molecule has 240 valence electrons. The van der Waals surface area contributed by atoms with Crippen LogP contribution >= 0.6 is 0 Å². The van der Waals surface area contributed by atoms with Crippen molar-refractivity contribution < 1.29 is 38.2 Å². The summed E-state index contributed by atoms with van der Waals surface area (Å²) >= 11 is 0. The smallest absolute Gasteiger partial charge is 0.306 e. The monoisotopic (exact) mass is 591 g/mol. The van der Waals surface area contributed by atoms with Crippen LogP contribution in [-0.2, 0) is 28.6 Å². The number of aliphatic carboxylic acids is 1. The van der Waals surface area contributed by atoms with E-state index in [9.17, 15) is 19.5 Å². The summed E-state index contributed by atoms with van der Waals surface area (Å²) in [5, 5.41) is 11.5. The van der Waals surface area contributed by atoms with Gasteiger partial charge >= 0.3 is 11.9 Å². The molecule has 0 rings (SSSR count). The third kappa shape index (κ3) is 23.9. The van der Waals surface area contributed by atoms with E-state index in [-0.39, 0.29) is 43.1 Å². The minimum Gasteiger partial charge on any atom is -0.544 e. The van der Waals surface area contributed by atoms with Gasteiger partial charge in [-0.1, -0.05) is 88.1 Å². The molecule has 0 saturated carbocycles. The van der Waals surface area contributed by atoms with Gasteiger partial charge < -0.3 is 28.6 Å². The van der Waals surface area contributed by atoms with Gasteiger partial charge in [-0.05, 0) is 38.5 Å². The molecule has 0 fully saturated rings. The Morgan fingerprint density at radius 1 is 0.738 bits per heavy atom. The zero-order valence-electron chi connectivity index (χ0n) is 26.9.